The molecule has 0 bridgehead atoms. The molecule has 1 aromatic heterocycles. The van der Waals surface area contributed by atoms with Gasteiger partial charge in [0.05, 0.1) is 0 Å². The molecule has 1 aromatic rings. The number of carboxylic acids is 1. The molecule has 1 heterocycles. The Morgan fingerprint density at radius 1 is 1.39 bits per heavy atom. The number of carboxylic acid groups (broad SMARTS) is 1. The maximum absolute atomic E-state index is 11.8. The van der Waals surface area contributed by atoms with Crippen LogP contribution in [0.1, 0.15) is 31.3 Å². The number of hydrogen-bond donors (Lipinski definition) is 3. The fraction of sp³-hybridized carbons (Fsp3) is 0.455. The summed E-state index contributed by atoms with van der Waals surface area (Å²) in [5, 5.41) is 17.1. The molecule has 0 fully saturated rings. The maximum Gasteiger partial charge on any atom is 0.326 e. The molecule has 0 radical (unpaired) electrons. The number of aliphatic carboxylic acids is 1. The van der Waals surface area contributed by atoms with Crippen LogP contribution in [0.15, 0.2) is 16.9 Å². The highest BCUT2D eigenvalue weighted by atomic mass is 16.4. The summed E-state index contributed by atoms with van der Waals surface area (Å²) in [6, 6.07) is 1.34. The SMILES string of the molecule is CC(C)(C)C(NC(=O)c1ccc(=O)[nH]n1)C(=O)O. The Balaban J connectivity index is 2.89. The van der Waals surface area contributed by atoms with E-state index in [1.165, 1.54) is 6.07 Å². The number of rotatable bonds is 3. The van der Waals surface area contributed by atoms with Crippen LogP contribution in [0.5, 0.6) is 0 Å². The van der Waals surface area contributed by atoms with Crippen molar-refractivity contribution in [3.63, 3.8) is 0 Å². The quantitative estimate of drug-likeness (QED) is 0.701. The minimum atomic E-state index is -1.12. The summed E-state index contributed by atoms with van der Waals surface area (Å²) < 4.78 is 0. The average Bonchev–Trinajstić information content (AvgIpc) is 2.24. The molecule has 0 aromatic carbocycles. The Kier molecular flexibility index (Phi) is 3.85. The normalized spacial score (nSPS) is 12.8. The summed E-state index contributed by atoms with van der Waals surface area (Å²) in [5.41, 5.74) is -1.11. The predicted molar refractivity (Wildman–Crippen MR) is 63.2 cm³/mol. The van der Waals surface area contributed by atoms with Crippen LogP contribution in [-0.4, -0.2) is 33.2 Å². The van der Waals surface area contributed by atoms with Gasteiger partial charge in [-0.05, 0) is 11.5 Å². The Bertz CT molecular complexity index is 495. The smallest absolute Gasteiger partial charge is 0.326 e. The third kappa shape index (κ3) is 3.41. The number of aromatic nitrogens is 2. The lowest BCUT2D eigenvalue weighted by Gasteiger charge is -2.27. The van der Waals surface area contributed by atoms with E-state index in [9.17, 15) is 14.4 Å². The third-order valence-corrected chi connectivity index (χ3v) is 2.30. The van der Waals surface area contributed by atoms with Gasteiger partial charge in [-0.15, -0.1) is 0 Å². The molecule has 0 saturated heterocycles. The van der Waals surface area contributed by atoms with Gasteiger partial charge in [-0.1, -0.05) is 20.8 Å². The lowest BCUT2D eigenvalue weighted by molar-refractivity contribution is -0.142. The molecule has 0 spiro atoms. The molecule has 7 heteroatoms. The van der Waals surface area contributed by atoms with Crippen LogP contribution in [0.3, 0.4) is 0 Å². The first-order valence-electron chi connectivity index (χ1n) is 5.31. The second-order valence-electron chi connectivity index (χ2n) is 4.92. The van der Waals surface area contributed by atoms with Crippen LogP contribution >= 0.6 is 0 Å². The molecule has 0 saturated carbocycles. The molecule has 3 N–H and O–H groups in total. The van der Waals surface area contributed by atoms with E-state index >= 15 is 0 Å². The van der Waals surface area contributed by atoms with E-state index in [4.69, 9.17) is 5.11 Å². The van der Waals surface area contributed by atoms with Crippen LogP contribution in [0.25, 0.3) is 0 Å². The summed E-state index contributed by atoms with van der Waals surface area (Å²) >= 11 is 0. The fourth-order valence-corrected chi connectivity index (χ4v) is 1.32. The minimum Gasteiger partial charge on any atom is -0.480 e. The van der Waals surface area contributed by atoms with E-state index < -0.39 is 28.9 Å². The van der Waals surface area contributed by atoms with Crippen molar-refractivity contribution < 1.29 is 14.7 Å². The fourth-order valence-electron chi connectivity index (χ4n) is 1.32. The summed E-state index contributed by atoms with van der Waals surface area (Å²) in [6.07, 6.45) is 0. The highest BCUT2D eigenvalue weighted by molar-refractivity contribution is 5.94. The van der Waals surface area contributed by atoms with Crippen molar-refractivity contribution in [1.82, 2.24) is 15.5 Å². The number of carbonyl (C=O) groups is 2. The zero-order chi connectivity index (χ0) is 13.9. The first-order chi connectivity index (χ1) is 8.21. The topological polar surface area (TPSA) is 112 Å². The first-order valence-corrected chi connectivity index (χ1v) is 5.31. The molecular formula is C11H15N3O4. The Hall–Kier alpha value is -2.18. The number of nitrogens with zero attached hydrogens (tertiary/aromatic N) is 1. The van der Waals surface area contributed by atoms with Gasteiger partial charge in [0.25, 0.3) is 11.5 Å². The second kappa shape index (κ2) is 4.99. The molecule has 0 aliphatic heterocycles. The van der Waals surface area contributed by atoms with Crippen LogP contribution in [0.4, 0.5) is 0 Å². The van der Waals surface area contributed by atoms with Gasteiger partial charge in [0.15, 0.2) is 0 Å². The van der Waals surface area contributed by atoms with Gasteiger partial charge in [0.1, 0.15) is 11.7 Å². The van der Waals surface area contributed by atoms with Crippen LogP contribution < -0.4 is 10.9 Å². The lowest BCUT2D eigenvalue weighted by Crippen LogP contribution is -2.49. The van der Waals surface area contributed by atoms with Gasteiger partial charge in [-0.2, -0.15) is 5.10 Å². The molecule has 18 heavy (non-hydrogen) atoms. The Labute approximate surface area is 103 Å². The Morgan fingerprint density at radius 2 is 2.00 bits per heavy atom. The maximum atomic E-state index is 11.8. The van der Waals surface area contributed by atoms with Crippen molar-refractivity contribution in [2.45, 2.75) is 26.8 Å². The van der Waals surface area contributed by atoms with Crippen molar-refractivity contribution >= 4 is 11.9 Å². The van der Waals surface area contributed by atoms with Crippen LogP contribution in [-0.2, 0) is 4.79 Å². The number of amides is 1. The average molecular weight is 253 g/mol. The molecular weight excluding hydrogens is 238 g/mol. The number of hydrogen-bond acceptors (Lipinski definition) is 4. The molecule has 1 atom stereocenters. The highest BCUT2D eigenvalue weighted by Gasteiger charge is 2.33. The number of H-pyrrole nitrogens is 1. The van der Waals surface area contributed by atoms with Crippen molar-refractivity contribution in [3.8, 4) is 0 Å². The van der Waals surface area contributed by atoms with Crippen molar-refractivity contribution in [1.29, 1.82) is 0 Å². The van der Waals surface area contributed by atoms with E-state index in [0.717, 1.165) is 6.07 Å². The van der Waals surface area contributed by atoms with Crippen molar-refractivity contribution in [2.75, 3.05) is 0 Å². The summed E-state index contributed by atoms with van der Waals surface area (Å²) in [5.74, 6) is -1.77. The standard InChI is InChI=1S/C11H15N3O4/c1-11(2,3)8(10(17)18)12-9(16)6-4-5-7(15)14-13-6/h4-5,8H,1-3H3,(H,12,16)(H,14,15)(H,17,18). The number of nitrogens with one attached hydrogen (secondary N) is 2. The van der Waals surface area contributed by atoms with Crippen molar-refractivity contribution in [2.24, 2.45) is 5.41 Å². The summed E-state index contributed by atoms with van der Waals surface area (Å²) in [6.45, 7) is 5.10. The molecule has 1 amide bonds. The molecule has 98 valence electrons. The van der Waals surface area contributed by atoms with Gasteiger partial charge < -0.3 is 10.4 Å². The lowest BCUT2D eigenvalue weighted by atomic mass is 9.86. The second-order valence-corrected chi connectivity index (χ2v) is 4.92. The third-order valence-electron chi connectivity index (χ3n) is 2.30. The zero-order valence-corrected chi connectivity index (χ0v) is 10.4. The first kappa shape index (κ1) is 13.9. The molecule has 1 unspecified atom stereocenters. The minimum absolute atomic E-state index is 0.0369. The van der Waals surface area contributed by atoms with Crippen molar-refractivity contribution in [3.05, 3.63) is 28.2 Å². The molecule has 7 nitrogen and oxygen atoms in total. The molecule has 0 aliphatic carbocycles. The van der Waals surface area contributed by atoms with Gasteiger partial charge in [0, 0.05) is 6.07 Å². The van der Waals surface area contributed by atoms with Gasteiger partial charge in [-0.25, -0.2) is 9.89 Å². The van der Waals surface area contributed by atoms with E-state index in [0.29, 0.717) is 0 Å². The van der Waals surface area contributed by atoms with Crippen LogP contribution in [0, 0.1) is 5.41 Å². The highest BCUT2D eigenvalue weighted by Crippen LogP contribution is 2.19. The monoisotopic (exact) mass is 253 g/mol. The van der Waals surface area contributed by atoms with E-state index in [1.54, 1.807) is 20.8 Å². The number of carbonyl (C=O) groups excluding carboxylic acids is 1. The summed E-state index contributed by atoms with van der Waals surface area (Å²) in [7, 11) is 0. The molecule has 1 rings (SSSR count). The predicted octanol–water partition coefficient (Wildman–Crippen LogP) is -0.00100. The zero-order valence-electron chi connectivity index (χ0n) is 10.4. The van der Waals surface area contributed by atoms with Crippen LogP contribution in [0.2, 0.25) is 0 Å². The van der Waals surface area contributed by atoms with E-state index in [2.05, 4.69) is 15.5 Å². The molecule has 0 aliphatic rings. The summed E-state index contributed by atoms with van der Waals surface area (Å²) in [4.78, 5) is 33.6. The van der Waals surface area contributed by atoms with Gasteiger partial charge >= 0.3 is 5.97 Å². The largest absolute Gasteiger partial charge is 0.480 e. The van der Waals surface area contributed by atoms with E-state index in [1.807, 2.05) is 0 Å². The van der Waals surface area contributed by atoms with E-state index in [-0.39, 0.29) is 5.69 Å². The Morgan fingerprint density at radius 3 is 2.39 bits per heavy atom. The van der Waals surface area contributed by atoms with Gasteiger partial charge in [0.2, 0.25) is 0 Å². The number of aromatic amines is 1. The van der Waals surface area contributed by atoms with Gasteiger partial charge in [-0.3, -0.25) is 9.59 Å².